The van der Waals surface area contributed by atoms with Crippen molar-refractivity contribution in [3.63, 3.8) is 0 Å². The van der Waals surface area contributed by atoms with Crippen LogP contribution in [0.25, 0.3) is 5.70 Å². The first kappa shape index (κ1) is 28.9. The number of rotatable bonds is 15. The largest absolute Gasteiger partial charge is 0.375 e. The highest BCUT2D eigenvalue weighted by Gasteiger charge is 2.05. The van der Waals surface area contributed by atoms with E-state index in [1.807, 2.05) is 24.6 Å². The minimum absolute atomic E-state index is 0.333. The zero-order chi connectivity index (χ0) is 25.2. The molecule has 1 aromatic carbocycles. The Morgan fingerprint density at radius 2 is 1.76 bits per heavy atom. The summed E-state index contributed by atoms with van der Waals surface area (Å²) in [5.41, 5.74) is 6.23. The standard InChI is InChI=1S/C32H44N2/c1-8-12-25-33-26-24-30-20-22-31(23-21-30)32(34(7)11-4)17-15-13-14-16-29(10-3)19-18-28(6)27(5)9-2/h9-10,12-14,17-23,25-26,29H,2-3,8,11,15-16,24H2,1,4-7H3/b14-13+,19-18+,25-12-,28-27-,32-17-,33-26-. The lowest BCUT2D eigenvalue weighted by Crippen LogP contribution is -2.15. The number of benzene rings is 1. The van der Waals surface area contributed by atoms with Gasteiger partial charge in [-0.05, 0) is 68.2 Å². The van der Waals surface area contributed by atoms with Crippen molar-refractivity contribution >= 4 is 11.9 Å². The maximum absolute atomic E-state index is 4.31. The fraction of sp³-hybridized carbons (Fsp3) is 0.344. The third-order valence-electron chi connectivity index (χ3n) is 5.84. The van der Waals surface area contributed by atoms with Gasteiger partial charge in [-0.2, -0.15) is 0 Å². The summed E-state index contributed by atoms with van der Waals surface area (Å²) >= 11 is 0. The molecule has 0 aromatic heterocycles. The van der Waals surface area contributed by atoms with Gasteiger partial charge in [0.1, 0.15) is 0 Å². The Labute approximate surface area is 209 Å². The van der Waals surface area contributed by atoms with E-state index in [1.54, 1.807) is 0 Å². The lowest BCUT2D eigenvalue weighted by atomic mass is 10.0. The number of hydrogen-bond donors (Lipinski definition) is 0. The van der Waals surface area contributed by atoms with Crippen LogP contribution in [0.4, 0.5) is 0 Å². The van der Waals surface area contributed by atoms with Gasteiger partial charge in [-0.25, -0.2) is 0 Å². The molecule has 0 amide bonds. The summed E-state index contributed by atoms with van der Waals surface area (Å²) in [6, 6.07) is 8.83. The Hall–Kier alpha value is -3.13. The van der Waals surface area contributed by atoms with Gasteiger partial charge in [-0.15, -0.1) is 6.58 Å². The fourth-order valence-corrected chi connectivity index (χ4v) is 3.20. The van der Waals surface area contributed by atoms with E-state index in [0.29, 0.717) is 5.92 Å². The van der Waals surface area contributed by atoms with E-state index in [1.165, 1.54) is 28.0 Å². The minimum atomic E-state index is 0.333. The smallest absolute Gasteiger partial charge is 0.0399 e. The van der Waals surface area contributed by atoms with Gasteiger partial charge in [-0.1, -0.05) is 86.4 Å². The van der Waals surface area contributed by atoms with E-state index < -0.39 is 0 Å². The Bertz CT molecular complexity index is 920. The molecule has 0 saturated carbocycles. The molecular formula is C32H44N2. The molecule has 34 heavy (non-hydrogen) atoms. The normalized spacial score (nSPS) is 14.3. The molecular weight excluding hydrogens is 412 g/mol. The van der Waals surface area contributed by atoms with Crippen molar-refractivity contribution in [1.82, 2.24) is 4.90 Å². The van der Waals surface area contributed by atoms with Gasteiger partial charge in [0.05, 0.1) is 0 Å². The van der Waals surface area contributed by atoms with Crippen molar-refractivity contribution in [2.45, 2.75) is 53.4 Å². The number of allylic oxidation sites excluding steroid dienone is 10. The third kappa shape index (κ3) is 11.1. The van der Waals surface area contributed by atoms with Crippen LogP contribution in [-0.4, -0.2) is 24.7 Å². The molecule has 0 radical (unpaired) electrons. The Balaban J connectivity index is 2.78. The molecule has 0 aliphatic rings. The van der Waals surface area contributed by atoms with Crippen LogP contribution < -0.4 is 0 Å². The summed E-state index contributed by atoms with van der Waals surface area (Å²) in [6.45, 7) is 17.3. The number of nitrogens with zero attached hydrogens (tertiary/aromatic N) is 2. The second-order valence-electron chi connectivity index (χ2n) is 8.40. The molecule has 2 nitrogen and oxygen atoms in total. The first-order valence-electron chi connectivity index (χ1n) is 12.4. The summed E-state index contributed by atoms with van der Waals surface area (Å²) < 4.78 is 0. The molecule has 2 heteroatoms. The van der Waals surface area contributed by atoms with Crippen molar-refractivity contribution in [3.05, 3.63) is 115 Å². The van der Waals surface area contributed by atoms with E-state index in [0.717, 1.165) is 32.2 Å². The van der Waals surface area contributed by atoms with Crippen molar-refractivity contribution < 1.29 is 0 Å². The maximum atomic E-state index is 4.31. The highest BCUT2D eigenvalue weighted by atomic mass is 15.1. The Morgan fingerprint density at radius 3 is 2.38 bits per heavy atom. The number of hydrogen-bond acceptors (Lipinski definition) is 2. The topological polar surface area (TPSA) is 15.6 Å². The van der Waals surface area contributed by atoms with E-state index in [2.05, 4.69) is 119 Å². The average molecular weight is 457 g/mol. The molecule has 0 N–H and O–H groups in total. The fourth-order valence-electron chi connectivity index (χ4n) is 3.20. The predicted octanol–water partition coefficient (Wildman–Crippen LogP) is 8.73. The summed E-state index contributed by atoms with van der Waals surface area (Å²) in [5, 5.41) is 0. The van der Waals surface area contributed by atoms with Crippen LogP contribution in [0.15, 0.2) is 108 Å². The molecule has 0 saturated heterocycles. The van der Waals surface area contributed by atoms with Gasteiger partial charge < -0.3 is 4.90 Å². The SMILES string of the molecule is C=C/C(C)=C(C)\C=C\C(C=C)C/C=C/C/C=C(/c1ccc(C/C=N\C=C/CC)cc1)N(C)CC. The van der Waals surface area contributed by atoms with Gasteiger partial charge in [0.25, 0.3) is 0 Å². The quantitative estimate of drug-likeness (QED) is 0.146. The number of aliphatic imine (C=N–C) groups is 1. The van der Waals surface area contributed by atoms with Crippen LogP contribution in [0, 0.1) is 5.92 Å². The molecule has 0 aliphatic heterocycles. The van der Waals surface area contributed by atoms with Gasteiger partial charge in [0.15, 0.2) is 0 Å². The average Bonchev–Trinajstić information content (AvgIpc) is 2.87. The van der Waals surface area contributed by atoms with Crippen LogP contribution in [-0.2, 0) is 6.42 Å². The van der Waals surface area contributed by atoms with Crippen LogP contribution in [0.3, 0.4) is 0 Å². The van der Waals surface area contributed by atoms with E-state index in [4.69, 9.17) is 0 Å². The lowest BCUT2D eigenvalue weighted by Gasteiger charge is -2.21. The van der Waals surface area contributed by atoms with Crippen LogP contribution in [0.2, 0.25) is 0 Å². The minimum Gasteiger partial charge on any atom is -0.375 e. The van der Waals surface area contributed by atoms with Crippen molar-refractivity contribution in [1.29, 1.82) is 0 Å². The van der Waals surface area contributed by atoms with E-state index in [9.17, 15) is 0 Å². The summed E-state index contributed by atoms with van der Waals surface area (Å²) in [4.78, 5) is 6.61. The third-order valence-corrected chi connectivity index (χ3v) is 5.84. The Morgan fingerprint density at radius 1 is 1.03 bits per heavy atom. The Kier molecular flexibility index (Phi) is 14.8. The molecule has 0 bridgehead atoms. The molecule has 0 aliphatic carbocycles. The predicted molar refractivity (Wildman–Crippen MR) is 154 cm³/mol. The molecule has 1 rings (SSSR count). The molecule has 1 atom stereocenters. The highest BCUT2D eigenvalue weighted by Crippen LogP contribution is 2.20. The summed E-state index contributed by atoms with van der Waals surface area (Å²) in [5.74, 6) is 0.333. The van der Waals surface area contributed by atoms with Gasteiger partial charge >= 0.3 is 0 Å². The van der Waals surface area contributed by atoms with Crippen molar-refractivity contribution in [3.8, 4) is 0 Å². The van der Waals surface area contributed by atoms with Crippen LogP contribution in [0.1, 0.15) is 58.1 Å². The summed E-state index contributed by atoms with van der Waals surface area (Å²) in [6.07, 6.45) is 24.7. The molecule has 182 valence electrons. The molecule has 0 heterocycles. The molecule has 0 fully saturated rings. The van der Waals surface area contributed by atoms with E-state index in [-0.39, 0.29) is 0 Å². The first-order valence-corrected chi connectivity index (χ1v) is 12.4. The monoisotopic (exact) mass is 456 g/mol. The zero-order valence-corrected chi connectivity index (χ0v) is 22.0. The van der Waals surface area contributed by atoms with Gasteiger partial charge in [-0.3, -0.25) is 4.99 Å². The molecule has 1 unspecified atom stereocenters. The molecule has 0 spiro atoms. The lowest BCUT2D eigenvalue weighted by molar-refractivity contribution is 0.508. The maximum Gasteiger partial charge on any atom is 0.0399 e. The van der Waals surface area contributed by atoms with Crippen molar-refractivity contribution in [2.24, 2.45) is 10.9 Å². The summed E-state index contributed by atoms with van der Waals surface area (Å²) in [7, 11) is 2.15. The van der Waals surface area contributed by atoms with Gasteiger partial charge in [0.2, 0.25) is 0 Å². The van der Waals surface area contributed by atoms with Crippen LogP contribution >= 0.6 is 0 Å². The first-order chi connectivity index (χ1) is 16.5. The van der Waals surface area contributed by atoms with Crippen molar-refractivity contribution in [2.75, 3.05) is 13.6 Å². The van der Waals surface area contributed by atoms with Gasteiger partial charge in [0, 0.05) is 38.1 Å². The molecule has 1 aromatic rings. The van der Waals surface area contributed by atoms with Crippen LogP contribution in [0.5, 0.6) is 0 Å². The van der Waals surface area contributed by atoms with E-state index >= 15 is 0 Å². The second-order valence-corrected chi connectivity index (χ2v) is 8.40. The second kappa shape index (κ2) is 17.4. The zero-order valence-electron chi connectivity index (χ0n) is 22.0. The highest BCUT2D eigenvalue weighted by molar-refractivity contribution is 5.66.